The summed E-state index contributed by atoms with van der Waals surface area (Å²) in [6, 6.07) is 1.75. The van der Waals surface area contributed by atoms with E-state index in [0.29, 0.717) is 6.07 Å². The zero-order valence-corrected chi connectivity index (χ0v) is 7.95. The molecule has 0 fully saturated rings. The first-order valence-electron chi connectivity index (χ1n) is 4.18. The molecule has 4 nitrogen and oxygen atoms in total. The minimum atomic E-state index is -4.64. The second-order valence-corrected chi connectivity index (χ2v) is 2.88. The van der Waals surface area contributed by atoms with E-state index in [9.17, 15) is 18.0 Å². The van der Waals surface area contributed by atoms with E-state index in [1.54, 1.807) is 0 Å². The standard InChI is InChI=1S/C9H8F3N2O2/c10-9(11,12)6-2-1-5(3-4-15)7(14-6)8(13)16/h1-3,15H,4H2,(H2,13,16). The Morgan fingerprint density at radius 2 is 2.12 bits per heavy atom. The molecule has 0 spiro atoms. The number of nitrogens with two attached hydrogens (primary N) is 1. The molecule has 0 saturated carbocycles. The highest BCUT2D eigenvalue weighted by atomic mass is 19.4. The maximum atomic E-state index is 12.3. The number of carbonyl (C=O) groups is 1. The Balaban J connectivity index is 3.23. The van der Waals surface area contributed by atoms with Crippen molar-refractivity contribution in [1.82, 2.24) is 4.98 Å². The lowest BCUT2D eigenvalue weighted by Gasteiger charge is -2.09. The summed E-state index contributed by atoms with van der Waals surface area (Å²) in [4.78, 5) is 14.0. The van der Waals surface area contributed by atoms with Gasteiger partial charge in [-0.15, -0.1) is 0 Å². The van der Waals surface area contributed by atoms with Crippen molar-refractivity contribution in [3.63, 3.8) is 0 Å². The first-order valence-corrected chi connectivity index (χ1v) is 4.18. The van der Waals surface area contributed by atoms with Crippen LogP contribution in [-0.4, -0.2) is 22.6 Å². The number of amides is 1. The Hall–Kier alpha value is -1.63. The molecule has 0 atom stereocenters. The average molecular weight is 233 g/mol. The lowest BCUT2D eigenvalue weighted by Crippen LogP contribution is -2.19. The summed E-state index contributed by atoms with van der Waals surface area (Å²) in [6.45, 7) is -0.423. The molecule has 1 radical (unpaired) electrons. The van der Waals surface area contributed by atoms with Crippen molar-refractivity contribution < 1.29 is 23.1 Å². The van der Waals surface area contributed by atoms with Gasteiger partial charge in [0.15, 0.2) is 0 Å². The van der Waals surface area contributed by atoms with Crippen molar-refractivity contribution in [1.29, 1.82) is 0 Å². The Morgan fingerprint density at radius 1 is 1.50 bits per heavy atom. The number of pyridine rings is 1. The Bertz CT molecular complexity index is 404. The van der Waals surface area contributed by atoms with Crippen molar-refractivity contribution in [3.8, 4) is 0 Å². The van der Waals surface area contributed by atoms with Gasteiger partial charge in [-0.05, 0) is 11.6 Å². The quantitative estimate of drug-likeness (QED) is 0.808. The Labute approximate surface area is 88.9 Å². The number of aliphatic hydroxyl groups is 1. The van der Waals surface area contributed by atoms with Gasteiger partial charge in [0, 0.05) is 6.42 Å². The third-order valence-corrected chi connectivity index (χ3v) is 1.76. The van der Waals surface area contributed by atoms with Gasteiger partial charge in [-0.3, -0.25) is 4.79 Å². The molecule has 7 heteroatoms. The van der Waals surface area contributed by atoms with Crippen LogP contribution in [-0.2, 0) is 6.18 Å². The zero-order chi connectivity index (χ0) is 12.3. The van der Waals surface area contributed by atoms with Crippen molar-refractivity contribution in [2.75, 3.05) is 6.61 Å². The van der Waals surface area contributed by atoms with Crippen LogP contribution in [0.4, 0.5) is 13.2 Å². The number of halogens is 3. The fourth-order valence-electron chi connectivity index (χ4n) is 1.09. The normalized spacial score (nSPS) is 11.5. The molecular formula is C9H8F3N2O2. The average Bonchev–Trinajstić information content (AvgIpc) is 2.16. The number of nitrogens with zero attached hydrogens (tertiary/aromatic N) is 1. The molecule has 3 N–H and O–H groups in total. The van der Waals surface area contributed by atoms with E-state index in [1.165, 1.54) is 0 Å². The van der Waals surface area contributed by atoms with E-state index in [1.807, 2.05) is 0 Å². The number of aliphatic hydroxyl groups excluding tert-OH is 1. The van der Waals surface area contributed by atoms with Gasteiger partial charge in [0.2, 0.25) is 0 Å². The molecular weight excluding hydrogens is 225 g/mol. The van der Waals surface area contributed by atoms with Gasteiger partial charge in [-0.25, -0.2) is 4.98 Å². The maximum absolute atomic E-state index is 12.3. The molecule has 0 saturated heterocycles. The summed E-state index contributed by atoms with van der Waals surface area (Å²) >= 11 is 0. The van der Waals surface area contributed by atoms with Crippen LogP contribution >= 0.6 is 0 Å². The Kier molecular flexibility index (Phi) is 3.48. The van der Waals surface area contributed by atoms with Gasteiger partial charge in [0.05, 0.1) is 6.61 Å². The number of primary amides is 1. The van der Waals surface area contributed by atoms with Crippen LogP contribution in [0.5, 0.6) is 0 Å². The van der Waals surface area contributed by atoms with Crippen LogP contribution in [0.15, 0.2) is 12.1 Å². The summed E-state index contributed by atoms with van der Waals surface area (Å²) in [5.41, 5.74) is 3.25. The predicted octanol–water partition coefficient (Wildman–Crippen LogP) is 0.744. The molecule has 0 aliphatic carbocycles. The topological polar surface area (TPSA) is 76.2 Å². The van der Waals surface area contributed by atoms with E-state index in [2.05, 4.69) is 4.98 Å². The molecule has 0 aliphatic heterocycles. The highest BCUT2D eigenvalue weighted by molar-refractivity contribution is 5.92. The minimum absolute atomic E-state index is 0.0722. The molecule has 1 rings (SSSR count). The minimum Gasteiger partial charge on any atom is -0.396 e. The molecule has 0 unspecified atom stereocenters. The van der Waals surface area contributed by atoms with Crippen LogP contribution in [0.2, 0.25) is 0 Å². The highest BCUT2D eigenvalue weighted by Crippen LogP contribution is 2.28. The fraction of sp³-hybridized carbons (Fsp3) is 0.222. The summed E-state index contributed by atoms with van der Waals surface area (Å²) in [6.07, 6.45) is -3.49. The highest BCUT2D eigenvalue weighted by Gasteiger charge is 2.33. The van der Waals surface area contributed by atoms with E-state index in [4.69, 9.17) is 10.8 Å². The number of hydrogen-bond donors (Lipinski definition) is 2. The van der Waals surface area contributed by atoms with Crippen molar-refractivity contribution in [3.05, 3.63) is 35.5 Å². The molecule has 1 aromatic rings. The van der Waals surface area contributed by atoms with Crippen LogP contribution < -0.4 is 5.73 Å². The molecule has 1 aromatic heterocycles. The molecule has 1 amide bonds. The van der Waals surface area contributed by atoms with Crippen LogP contribution in [0, 0.1) is 6.42 Å². The molecule has 0 bridgehead atoms. The number of rotatable bonds is 3. The van der Waals surface area contributed by atoms with Crippen LogP contribution in [0.25, 0.3) is 0 Å². The third-order valence-electron chi connectivity index (χ3n) is 1.76. The first-order chi connectivity index (χ1) is 7.36. The zero-order valence-electron chi connectivity index (χ0n) is 7.95. The second kappa shape index (κ2) is 4.48. The Morgan fingerprint density at radius 3 is 2.56 bits per heavy atom. The van der Waals surface area contributed by atoms with E-state index >= 15 is 0 Å². The summed E-state index contributed by atoms with van der Waals surface area (Å²) in [5, 5.41) is 8.60. The van der Waals surface area contributed by atoms with Gasteiger partial charge in [-0.2, -0.15) is 13.2 Å². The number of aromatic nitrogens is 1. The van der Waals surface area contributed by atoms with Crippen LogP contribution in [0.3, 0.4) is 0 Å². The summed E-state index contributed by atoms with van der Waals surface area (Å²) in [7, 11) is 0. The van der Waals surface area contributed by atoms with Gasteiger partial charge in [0.1, 0.15) is 11.4 Å². The second-order valence-electron chi connectivity index (χ2n) is 2.88. The van der Waals surface area contributed by atoms with Crippen molar-refractivity contribution >= 4 is 5.91 Å². The maximum Gasteiger partial charge on any atom is 0.433 e. The largest absolute Gasteiger partial charge is 0.433 e. The number of hydrogen-bond acceptors (Lipinski definition) is 3. The first kappa shape index (κ1) is 12.4. The lowest BCUT2D eigenvalue weighted by atomic mass is 10.1. The van der Waals surface area contributed by atoms with E-state index < -0.39 is 30.1 Å². The lowest BCUT2D eigenvalue weighted by molar-refractivity contribution is -0.141. The van der Waals surface area contributed by atoms with Crippen molar-refractivity contribution in [2.45, 2.75) is 6.18 Å². The van der Waals surface area contributed by atoms with E-state index in [-0.39, 0.29) is 5.56 Å². The number of carbonyl (C=O) groups excluding carboxylic acids is 1. The van der Waals surface area contributed by atoms with Gasteiger partial charge in [0.25, 0.3) is 5.91 Å². The predicted molar refractivity (Wildman–Crippen MR) is 48.2 cm³/mol. The van der Waals surface area contributed by atoms with Gasteiger partial charge in [-0.1, -0.05) is 6.07 Å². The molecule has 0 aromatic carbocycles. The van der Waals surface area contributed by atoms with E-state index in [0.717, 1.165) is 12.5 Å². The monoisotopic (exact) mass is 233 g/mol. The van der Waals surface area contributed by atoms with Crippen LogP contribution in [0.1, 0.15) is 21.7 Å². The smallest absolute Gasteiger partial charge is 0.396 e. The van der Waals surface area contributed by atoms with Gasteiger partial charge < -0.3 is 10.8 Å². The third kappa shape index (κ3) is 2.69. The summed E-state index contributed by atoms with van der Waals surface area (Å²) < 4.78 is 36.8. The fourth-order valence-corrected chi connectivity index (χ4v) is 1.09. The molecule has 87 valence electrons. The molecule has 0 aliphatic rings. The van der Waals surface area contributed by atoms with Gasteiger partial charge >= 0.3 is 6.18 Å². The molecule has 1 heterocycles. The number of alkyl halides is 3. The SMILES string of the molecule is NC(=O)c1nc(C(F)(F)F)ccc1[CH]CO. The molecule has 16 heavy (non-hydrogen) atoms. The summed E-state index contributed by atoms with van der Waals surface area (Å²) in [5.74, 6) is -1.08. The van der Waals surface area contributed by atoms with Crippen molar-refractivity contribution in [2.24, 2.45) is 5.73 Å².